The predicted octanol–water partition coefficient (Wildman–Crippen LogP) is 9.80. The van der Waals surface area contributed by atoms with Crippen LogP contribution in [0.25, 0.3) is 11.1 Å². The molecule has 0 saturated carbocycles. The number of hydrogen-bond donors (Lipinski definition) is 1. The number of fused-ring (bicyclic) bond motifs is 3. The maximum absolute atomic E-state index is 6.33. The first-order valence-corrected chi connectivity index (χ1v) is 13.6. The quantitative estimate of drug-likeness (QED) is 0.210. The first-order valence-electron chi connectivity index (χ1n) is 12.8. The van der Waals surface area contributed by atoms with E-state index in [-0.39, 0.29) is 5.41 Å². The summed E-state index contributed by atoms with van der Waals surface area (Å²) < 4.78 is 1.20. The molecule has 0 radical (unpaired) electrons. The van der Waals surface area contributed by atoms with Crippen molar-refractivity contribution in [2.75, 3.05) is 5.73 Å². The van der Waals surface area contributed by atoms with Gasteiger partial charge in [-0.2, -0.15) is 0 Å². The molecule has 0 unspecified atom stereocenters. The van der Waals surface area contributed by atoms with E-state index in [1.54, 1.807) is 0 Å². The summed E-state index contributed by atoms with van der Waals surface area (Å²) in [5, 5.41) is 0. The van der Waals surface area contributed by atoms with E-state index in [4.69, 9.17) is 5.73 Å². The highest BCUT2D eigenvalue weighted by Crippen LogP contribution is 2.55. The largest absolute Gasteiger partial charge is 0.399 e. The SMILES string of the molecule is CCCCCCCCC1(CCCCCCCC)c2cc(N)ccc2-c2ccc(Br)cc21. The molecule has 0 heterocycles. The first kappa shape index (κ1) is 24.4. The molecule has 0 aliphatic heterocycles. The van der Waals surface area contributed by atoms with E-state index in [0.29, 0.717) is 0 Å². The van der Waals surface area contributed by atoms with Gasteiger partial charge in [-0.05, 0) is 59.4 Å². The fourth-order valence-electron chi connectivity index (χ4n) is 5.56. The Kier molecular flexibility index (Phi) is 9.50. The molecule has 1 aliphatic rings. The first-order chi connectivity index (χ1) is 15.1. The second-order valence-electron chi connectivity index (χ2n) is 9.61. The molecule has 2 aromatic rings. The van der Waals surface area contributed by atoms with Crippen molar-refractivity contribution in [3.63, 3.8) is 0 Å². The van der Waals surface area contributed by atoms with Crippen LogP contribution in [0.4, 0.5) is 5.69 Å². The number of rotatable bonds is 14. The lowest BCUT2D eigenvalue weighted by molar-refractivity contribution is 0.398. The number of nitrogens with two attached hydrogens (primary N) is 1. The highest BCUT2D eigenvalue weighted by molar-refractivity contribution is 9.10. The molecule has 0 atom stereocenters. The normalized spacial score (nSPS) is 13.9. The summed E-state index contributed by atoms with van der Waals surface area (Å²) in [4.78, 5) is 0. The third-order valence-electron chi connectivity index (χ3n) is 7.26. The zero-order valence-corrected chi connectivity index (χ0v) is 21.4. The Bertz CT molecular complexity index is 756. The van der Waals surface area contributed by atoms with Crippen molar-refractivity contribution in [3.8, 4) is 11.1 Å². The van der Waals surface area contributed by atoms with Gasteiger partial charge in [-0.15, -0.1) is 0 Å². The van der Waals surface area contributed by atoms with E-state index in [0.717, 1.165) is 5.69 Å². The number of halogens is 1. The van der Waals surface area contributed by atoms with Gasteiger partial charge in [-0.25, -0.2) is 0 Å². The molecule has 0 amide bonds. The minimum Gasteiger partial charge on any atom is -0.399 e. The molecule has 0 aromatic heterocycles. The average Bonchev–Trinajstić information content (AvgIpc) is 3.02. The average molecular weight is 485 g/mol. The number of hydrogen-bond acceptors (Lipinski definition) is 1. The van der Waals surface area contributed by atoms with Gasteiger partial charge >= 0.3 is 0 Å². The lowest BCUT2D eigenvalue weighted by Crippen LogP contribution is -2.25. The van der Waals surface area contributed by atoms with E-state index in [9.17, 15) is 0 Å². The van der Waals surface area contributed by atoms with Gasteiger partial charge in [0.15, 0.2) is 0 Å². The lowest BCUT2D eigenvalue weighted by atomic mass is 9.70. The zero-order valence-electron chi connectivity index (χ0n) is 19.8. The van der Waals surface area contributed by atoms with Crippen LogP contribution in [0.3, 0.4) is 0 Å². The van der Waals surface area contributed by atoms with Gasteiger partial charge in [0.25, 0.3) is 0 Å². The molecule has 2 heteroatoms. The van der Waals surface area contributed by atoms with Crippen LogP contribution in [0.15, 0.2) is 40.9 Å². The van der Waals surface area contributed by atoms with Gasteiger partial charge in [-0.3, -0.25) is 0 Å². The maximum Gasteiger partial charge on any atom is 0.0317 e. The lowest BCUT2D eigenvalue weighted by Gasteiger charge is -2.33. The predicted molar refractivity (Wildman–Crippen MR) is 141 cm³/mol. The van der Waals surface area contributed by atoms with Crippen LogP contribution in [-0.4, -0.2) is 0 Å². The smallest absolute Gasteiger partial charge is 0.0317 e. The summed E-state index contributed by atoms with van der Waals surface area (Å²) in [6.45, 7) is 4.59. The van der Waals surface area contributed by atoms with Crippen molar-refractivity contribution in [2.45, 2.75) is 109 Å². The molecule has 2 N–H and O–H groups in total. The molecule has 3 rings (SSSR count). The van der Waals surface area contributed by atoms with E-state index in [2.05, 4.69) is 66.2 Å². The van der Waals surface area contributed by atoms with Gasteiger partial charge in [-0.1, -0.05) is 119 Å². The Morgan fingerprint density at radius 3 is 1.71 bits per heavy atom. The molecule has 31 heavy (non-hydrogen) atoms. The second kappa shape index (κ2) is 12.1. The second-order valence-corrected chi connectivity index (χ2v) is 10.5. The van der Waals surface area contributed by atoms with Crippen LogP contribution < -0.4 is 5.73 Å². The van der Waals surface area contributed by atoms with E-state index >= 15 is 0 Å². The summed E-state index contributed by atoms with van der Waals surface area (Å²) in [5.41, 5.74) is 13.2. The molecule has 1 aliphatic carbocycles. The minimum atomic E-state index is 0.124. The molecule has 0 spiro atoms. The molecule has 170 valence electrons. The molecule has 2 aromatic carbocycles. The van der Waals surface area contributed by atoms with Crippen molar-refractivity contribution in [1.82, 2.24) is 0 Å². The molecule has 0 fully saturated rings. The van der Waals surface area contributed by atoms with Crippen molar-refractivity contribution < 1.29 is 0 Å². The van der Waals surface area contributed by atoms with Crippen molar-refractivity contribution in [3.05, 3.63) is 52.0 Å². The Morgan fingerprint density at radius 2 is 1.13 bits per heavy atom. The topological polar surface area (TPSA) is 26.0 Å². The van der Waals surface area contributed by atoms with E-state index in [1.807, 2.05) is 0 Å². The van der Waals surface area contributed by atoms with Crippen LogP contribution in [0, 0.1) is 0 Å². The highest BCUT2D eigenvalue weighted by atomic mass is 79.9. The fraction of sp³-hybridized carbons (Fsp3) is 0.586. The summed E-state index contributed by atoms with van der Waals surface area (Å²) in [7, 11) is 0. The van der Waals surface area contributed by atoms with Crippen molar-refractivity contribution >= 4 is 21.6 Å². The molecular formula is C29H42BrN. The van der Waals surface area contributed by atoms with Crippen LogP contribution in [0.2, 0.25) is 0 Å². The Labute approximate surface area is 199 Å². The van der Waals surface area contributed by atoms with Crippen molar-refractivity contribution in [2.24, 2.45) is 0 Å². The molecule has 0 bridgehead atoms. The summed E-state index contributed by atoms with van der Waals surface area (Å²) >= 11 is 3.77. The van der Waals surface area contributed by atoms with Crippen LogP contribution >= 0.6 is 15.9 Å². The monoisotopic (exact) mass is 483 g/mol. The third-order valence-corrected chi connectivity index (χ3v) is 7.75. The minimum absolute atomic E-state index is 0.124. The van der Waals surface area contributed by atoms with E-state index in [1.165, 1.54) is 117 Å². The Morgan fingerprint density at radius 1 is 0.645 bits per heavy atom. The van der Waals surface area contributed by atoms with Gasteiger partial charge in [0.1, 0.15) is 0 Å². The molecule has 1 nitrogen and oxygen atoms in total. The van der Waals surface area contributed by atoms with Crippen LogP contribution in [-0.2, 0) is 5.41 Å². The van der Waals surface area contributed by atoms with Gasteiger partial charge in [0.2, 0.25) is 0 Å². The van der Waals surface area contributed by atoms with Crippen molar-refractivity contribution in [1.29, 1.82) is 0 Å². The van der Waals surface area contributed by atoms with Crippen LogP contribution in [0.5, 0.6) is 0 Å². The maximum atomic E-state index is 6.33. The summed E-state index contributed by atoms with van der Waals surface area (Å²) in [6, 6.07) is 13.6. The zero-order chi connectivity index (χ0) is 22.1. The molecular weight excluding hydrogens is 442 g/mol. The number of anilines is 1. The Balaban J connectivity index is 1.85. The standard InChI is InChI=1S/C29H42BrN/c1-3-5-7-9-11-13-19-29(20-14-12-10-8-6-4-2)27-21-23(30)15-17-25(27)26-18-16-24(31)22-28(26)29/h15-18,21-22H,3-14,19-20,31H2,1-2H3. The van der Waals surface area contributed by atoms with Gasteiger partial charge < -0.3 is 5.73 Å². The highest BCUT2D eigenvalue weighted by Gasteiger charge is 2.42. The van der Waals surface area contributed by atoms with Crippen LogP contribution in [0.1, 0.15) is 115 Å². The summed E-state index contributed by atoms with van der Waals surface area (Å²) in [5.74, 6) is 0. The fourth-order valence-corrected chi connectivity index (χ4v) is 5.92. The number of benzene rings is 2. The summed E-state index contributed by atoms with van der Waals surface area (Å²) in [6.07, 6.45) is 18.7. The number of nitrogen functional groups attached to an aromatic ring is 1. The van der Waals surface area contributed by atoms with Gasteiger partial charge in [0.05, 0.1) is 0 Å². The molecule has 0 saturated heterocycles. The van der Waals surface area contributed by atoms with Gasteiger partial charge in [0, 0.05) is 15.6 Å². The Hall–Kier alpha value is -1.28. The van der Waals surface area contributed by atoms with E-state index < -0.39 is 0 Å². The third kappa shape index (κ3) is 5.95. The number of unbranched alkanes of at least 4 members (excludes halogenated alkanes) is 10.